The molecule has 1 aliphatic carbocycles. The molecule has 1 fully saturated rings. The van der Waals surface area contributed by atoms with Crippen LogP contribution in [0, 0.1) is 0 Å². The van der Waals surface area contributed by atoms with E-state index in [9.17, 15) is 14.4 Å². The number of carbonyl (C=O) groups is 2. The van der Waals surface area contributed by atoms with Crippen LogP contribution in [-0.2, 0) is 6.54 Å². The fourth-order valence-corrected chi connectivity index (χ4v) is 4.12. The first-order valence-electron chi connectivity index (χ1n) is 10.3. The topological polar surface area (TPSA) is 94.2 Å². The number of primary amides is 1. The Kier molecular flexibility index (Phi) is 5.65. The molecule has 0 unspecified atom stereocenters. The number of rotatable bonds is 5. The molecule has 6 nitrogen and oxygen atoms in total. The third-order valence-corrected chi connectivity index (χ3v) is 5.76. The van der Waals surface area contributed by atoms with Gasteiger partial charge in [-0.2, -0.15) is 0 Å². The lowest BCUT2D eigenvalue weighted by molar-refractivity contribution is 0.0925. The van der Waals surface area contributed by atoms with Gasteiger partial charge in [0.1, 0.15) is 5.56 Å². The quantitative estimate of drug-likeness (QED) is 0.685. The van der Waals surface area contributed by atoms with Crippen molar-refractivity contribution < 1.29 is 9.59 Å². The van der Waals surface area contributed by atoms with E-state index in [-0.39, 0.29) is 22.9 Å². The molecular weight excluding hydrogens is 378 g/mol. The van der Waals surface area contributed by atoms with Crippen LogP contribution in [0.15, 0.2) is 59.5 Å². The molecule has 0 bridgehead atoms. The first-order valence-corrected chi connectivity index (χ1v) is 10.3. The highest BCUT2D eigenvalue weighted by atomic mass is 16.2. The molecule has 1 saturated carbocycles. The monoisotopic (exact) mass is 403 g/mol. The van der Waals surface area contributed by atoms with Crippen molar-refractivity contribution in [2.45, 2.75) is 44.7 Å². The summed E-state index contributed by atoms with van der Waals surface area (Å²) in [6, 6.07) is 14.4. The molecule has 0 atom stereocenters. The first kappa shape index (κ1) is 19.9. The molecule has 0 saturated heterocycles. The molecule has 2 amide bonds. The number of nitrogens with one attached hydrogen (secondary N) is 1. The van der Waals surface area contributed by atoms with Gasteiger partial charge >= 0.3 is 0 Å². The number of fused-ring (bicyclic) bond motifs is 1. The van der Waals surface area contributed by atoms with Crippen molar-refractivity contribution in [3.63, 3.8) is 0 Å². The van der Waals surface area contributed by atoms with Gasteiger partial charge in [0.05, 0.1) is 5.52 Å². The van der Waals surface area contributed by atoms with E-state index >= 15 is 0 Å². The zero-order chi connectivity index (χ0) is 21.1. The molecule has 3 N–H and O–H groups in total. The smallest absolute Gasteiger partial charge is 0.256 e. The standard InChI is InChI=1S/C24H25N3O3/c25-23(29)17-12-10-16(11-13-17)14-27-15-20(22(28)19-8-4-5-9-21(19)27)24(30)26-18-6-2-1-3-7-18/h4-5,8-13,15,18H,1-3,6-7,14H2,(H2,25,29)(H,26,30). The fourth-order valence-electron chi connectivity index (χ4n) is 4.12. The maximum absolute atomic E-state index is 13.0. The maximum Gasteiger partial charge on any atom is 0.256 e. The van der Waals surface area contributed by atoms with E-state index in [1.165, 1.54) is 6.42 Å². The SMILES string of the molecule is NC(=O)c1ccc(Cn2cc(C(=O)NC3CCCCC3)c(=O)c3ccccc32)cc1. The summed E-state index contributed by atoms with van der Waals surface area (Å²) in [5.74, 6) is -0.785. The van der Waals surface area contributed by atoms with Gasteiger partial charge in [-0.3, -0.25) is 14.4 Å². The zero-order valence-corrected chi connectivity index (χ0v) is 16.8. The van der Waals surface area contributed by atoms with Gasteiger partial charge in [-0.05, 0) is 42.7 Å². The summed E-state index contributed by atoms with van der Waals surface area (Å²) in [7, 11) is 0. The van der Waals surface area contributed by atoms with Gasteiger partial charge < -0.3 is 15.6 Å². The van der Waals surface area contributed by atoms with Crippen LogP contribution in [0.1, 0.15) is 58.4 Å². The molecule has 0 aliphatic heterocycles. The van der Waals surface area contributed by atoms with Crippen molar-refractivity contribution in [1.29, 1.82) is 0 Å². The molecule has 3 aromatic rings. The average Bonchev–Trinajstić information content (AvgIpc) is 2.76. The second-order valence-corrected chi connectivity index (χ2v) is 7.89. The van der Waals surface area contributed by atoms with Gasteiger partial charge in [0.2, 0.25) is 11.3 Å². The minimum Gasteiger partial charge on any atom is -0.366 e. The summed E-state index contributed by atoms with van der Waals surface area (Å²) in [6.45, 7) is 0.462. The van der Waals surface area contributed by atoms with Crippen LogP contribution in [-0.4, -0.2) is 22.4 Å². The van der Waals surface area contributed by atoms with Crippen LogP contribution < -0.4 is 16.5 Å². The van der Waals surface area contributed by atoms with Crippen molar-refractivity contribution in [1.82, 2.24) is 9.88 Å². The van der Waals surface area contributed by atoms with E-state index in [4.69, 9.17) is 5.73 Å². The molecule has 0 spiro atoms. The highest BCUT2D eigenvalue weighted by Gasteiger charge is 2.20. The van der Waals surface area contributed by atoms with E-state index < -0.39 is 5.91 Å². The predicted molar refractivity (Wildman–Crippen MR) is 117 cm³/mol. The Morgan fingerprint density at radius 3 is 2.40 bits per heavy atom. The molecule has 4 rings (SSSR count). The Morgan fingerprint density at radius 1 is 1.00 bits per heavy atom. The molecular formula is C24H25N3O3. The first-order chi connectivity index (χ1) is 14.5. The second-order valence-electron chi connectivity index (χ2n) is 7.89. The fraction of sp³-hybridized carbons (Fsp3) is 0.292. The predicted octanol–water partition coefficient (Wildman–Crippen LogP) is 3.21. The number of nitrogens with zero attached hydrogens (tertiary/aromatic N) is 1. The Labute approximate surface area is 174 Å². The van der Waals surface area contributed by atoms with Crippen molar-refractivity contribution in [3.05, 3.63) is 81.6 Å². The Morgan fingerprint density at radius 2 is 1.70 bits per heavy atom. The van der Waals surface area contributed by atoms with Crippen molar-refractivity contribution in [2.75, 3.05) is 0 Å². The van der Waals surface area contributed by atoms with Crippen LogP contribution >= 0.6 is 0 Å². The van der Waals surface area contributed by atoms with E-state index in [2.05, 4.69) is 5.32 Å². The van der Waals surface area contributed by atoms with Gasteiger partial charge in [0.15, 0.2) is 0 Å². The van der Waals surface area contributed by atoms with Gasteiger partial charge in [-0.25, -0.2) is 0 Å². The zero-order valence-electron chi connectivity index (χ0n) is 16.8. The summed E-state index contributed by atoms with van der Waals surface area (Å²) < 4.78 is 1.91. The van der Waals surface area contributed by atoms with Crippen molar-refractivity contribution >= 4 is 22.7 Å². The van der Waals surface area contributed by atoms with E-state index in [0.29, 0.717) is 17.5 Å². The number of para-hydroxylation sites is 1. The van der Waals surface area contributed by atoms with Crippen molar-refractivity contribution in [3.8, 4) is 0 Å². The number of aromatic nitrogens is 1. The van der Waals surface area contributed by atoms with E-state index in [1.54, 1.807) is 30.5 Å². The van der Waals surface area contributed by atoms with Crippen LogP contribution in [0.4, 0.5) is 0 Å². The molecule has 0 radical (unpaired) electrons. The molecule has 154 valence electrons. The lowest BCUT2D eigenvalue weighted by Gasteiger charge is -2.23. The minimum absolute atomic E-state index is 0.131. The summed E-state index contributed by atoms with van der Waals surface area (Å²) in [4.78, 5) is 37.2. The summed E-state index contributed by atoms with van der Waals surface area (Å²) in [6.07, 6.45) is 6.97. The van der Waals surface area contributed by atoms with Crippen LogP contribution in [0.3, 0.4) is 0 Å². The molecule has 2 aromatic carbocycles. The third-order valence-electron chi connectivity index (χ3n) is 5.76. The highest BCUT2D eigenvalue weighted by Crippen LogP contribution is 2.19. The maximum atomic E-state index is 13.0. The Balaban J connectivity index is 1.69. The number of carbonyl (C=O) groups excluding carboxylic acids is 2. The molecule has 1 aromatic heterocycles. The highest BCUT2D eigenvalue weighted by molar-refractivity contribution is 5.97. The van der Waals surface area contributed by atoms with Crippen molar-refractivity contribution in [2.24, 2.45) is 5.73 Å². The molecule has 30 heavy (non-hydrogen) atoms. The van der Waals surface area contributed by atoms with E-state index in [0.717, 1.165) is 36.8 Å². The number of nitrogens with two attached hydrogens (primary N) is 1. The van der Waals surface area contributed by atoms with Crippen LogP contribution in [0.2, 0.25) is 0 Å². The number of pyridine rings is 1. The Bertz CT molecular complexity index is 1140. The van der Waals surface area contributed by atoms with Gasteiger partial charge in [-0.15, -0.1) is 0 Å². The number of amides is 2. The third kappa shape index (κ3) is 4.13. The van der Waals surface area contributed by atoms with Crippen LogP contribution in [0.5, 0.6) is 0 Å². The minimum atomic E-state index is -0.475. The largest absolute Gasteiger partial charge is 0.366 e. The summed E-state index contributed by atoms with van der Waals surface area (Å²) in [5, 5.41) is 3.56. The van der Waals surface area contributed by atoms with Gasteiger partial charge in [0.25, 0.3) is 5.91 Å². The van der Waals surface area contributed by atoms with E-state index in [1.807, 2.05) is 28.8 Å². The summed E-state index contributed by atoms with van der Waals surface area (Å²) >= 11 is 0. The molecule has 1 aliphatic rings. The van der Waals surface area contributed by atoms with Gasteiger partial charge in [-0.1, -0.05) is 43.5 Å². The van der Waals surface area contributed by atoms with Gasteiger partial charge in [0, 0.05) is 29.7 Å². The molecule has 6 heteroatoms. The lowest BCUT2D eigenvalue weighted by atomic mass is 9.95. The summed E-state index contributed by atoms with van der Waals surface area (Å²) in [5.41, 5.74) is 7.36. The number of benzene rings is 2. The van der Waals surface area contributed by atoms with Crippen LogP contribution in [0.25, 0.3) is 10.9 Å². The second kappa shape index (κ2) is 8.53. The molecule has 1 heterocycles. The Hall–Kier alpha value is -3.41. The average molecular weight is 403 g/mol. The normalized spacial score (nSPS) is 14.5. The number of hydrogen-bond donors (Lipinski definition) is 2. The number of hydrogen-bond acceptors (Lipinski definition) is 3. The lowest BCUT2D eigenvalue weighted by Crippen LogP contribution is -2.38.